The molecule has 4 unspecified atom stereocenters. The van der Waals surface area contributed by atoms with Gasteiger partial charge in [-0.05, 0) is 30.6 Å². The van der Waals surface area contributed by atoms with Crippen molar-refractivity contribution in [2.75, 3.05) is 0 Å². The standard InChI is InChI=1S/C10H18O/c1-6(2)8-5-10-9(11-10)4-7(8)3/h6-10H,4-5H2,1-3H3. The SMILES string of the molecule is CC(C)C1CC2OC2CC1C. The van der Waals surface area contributed by atoms with Gasteiger partial charge in [0, 0.05) is 0 Å². The van der Waals surface area contributed by atoms with Crippen LogP contribution in [0.3, 0.4) is 0 Å². The summed E-state index contributed by atoms with van der Waals surface area (Å²) in [6.07, 6.45) is 3.94. The van der Waals surface area contributed by atoms with Crippen LogP contribution in [0.5, 0.6) is 0 Å². The second-order valence-corrected chi connectivity index (χ2v) is 4.57. The van der Waals surface area contributed by atoms with Gasteiger partial charge in [-0.25, -0.2) is 0 Å². The molecule has 2 fully saturated rings. The molecule has 1 nitrogen and oxygen atoms in total. The lowest BCUT2D eigenvalue weighted by Gasteiger charge is -2.29. The summed E-state index contributed by atoms with van der Waals surface area (Å²) in [4.78, 5) is 0. The Balaban J connectivity index is 1.97. The highest BCUT2D eigenvalue weighted by atomic mass is 16.6. The fraction of sp³-hybridized carbons (Fsp3) is 1.00. The van der Waals surface area contributed by atoms with Crippen LogP contribution < -0.4 is 0 Å². The topological polar surface area (TPSA) is 12.5 Å². The third-order valence-corrected chi connectivity index (χ3v) is 3.38. The fourth-order valence-corrected chi connectivity index (χ4v) is 2.56. The van der Waals surface area contributed by atoms with E-state index in [4.69, 9.17) is 4.74 Å². The summed E-state index contributed by atoms with van der Waals surface area (Å²) in [6, 6.07) is 0. The van der Waals surface area contributed by atoms with Crippen molar-refractivity contribution in [3.63, 3.8) is 0 Å². The van der Waals surface area contributed by atoms with E-state index in [1.165, 1.54) is 12.8 Å². The summed E-state index contributed by atoms with van der Waals surface area (Å²) in [5, 5.41) is 0. The Hall–Kier alpha value is -0.0400. The molecule has 11 heavy (non-hydrogen) atoms. The molecule has 0 aromatic heterocycles. The highest BCUT2D eigenvalue weighted by molar-refractivity contribution is 4.95. The molecule has 1 saturated carbocycles. The summed E-state index contributed by atoms with van der Waals surface area (Å²) in [5.74, 6) is 2.65. The Kier molecular flexibility index (Phi) is 1.71. The molecule has 4 atom stereocenters. The van der Waals surface area contributed by atoms with Gasteiger partial charge >= 0.3 is 0 Å². The maximum absolute atomic E-state index is 5.53. The van der Waals surface area contributed by atoms with Gasteiger partial charge in [-0.3, -0.25) is 0 Å². The van der Waals surface area contributed by atoms with E-state index in [9.17, 15) is 0 Å². The van der Waals surface area contributed by atoms with Crippen LogP contribution in [0.1, 0.15) is 33.6 Å². The molecule has 0 amide bonds. The first-order valence-corrected chi connectivity index (χ1v) is 4.84. The minimum Gasteiger partial charge on any atom is -0.370 e. The zero-order chi connectivity index (χ0) is 8.01. The van der Waals surface area contributed by atoms with Gasteiger partial charge in [0.15, 0.2) is 0 Å². The van der Waals surface area contributed by atoms with E-state index in [0.29, 0.717) is 12.2 Å². The third kappa shape index (κ3) is 1.31. The Morgan fingerprint density at radius 1 is 1.18 bits per heavy atom. The number of fused-ring (bicyclic) bond motifs is 1. The zero-order valence-electron chi connectivity index (χ0n) is 7.71. The Labute approximate surface area is 69.1 Å². The van der Waals surface area contributed by atoms with Gasteiger partial charge in [0.2, 0.25) is 0 Å². The monoisotopic (exact) mass is 154 g/mol. The van der Waals surface area contributed by atoms with Gasteiger partial charge < -0.3 is 4.74 Å². The molecule has 0 spiro atoms. The van der Waals surface area contributed by atoms with Crippen molar-refractivity contribution >= 4 is 0 Å². The minimum absolute atomic E-state index is 0.651. The van der Waals surface area contributed by atoms with Crippen molar-refractivity contribution in [2.24, 2.45) is 17.8 Å². The molecule has 1 heterocycles. The maximum Gasteiger partial charge on any atom is 0.0844 e. The third-order valence-electron chi connectivity index (χ3n) is 3.38. The predicted molar refractivity (Wildman–Crippen MR) is 45.4 cm³/mol. The molecule has 1 saturated heterocycles. The van der Waals surface area contributed by atoms with E-state index in [0.717, 1.165) is 17.8 Å². The number of hydrogen-bond donors (Lipinski definition) is 0. The largest absolute Gasteiger partial charge is 0.370 e. The second kappa shape index (κ2) is 2.48. The van der Waals surface area contributed by atoms with Crippen LogP contribution in [-0.2, 0) is 4.74 Å². The Morgan fingerprint density at radius 3 is 2.45 bits per heavy atom. The van der Waals surface area contributed by atoms with Crippen LogP contribution >= 0.6 is 0 Å². The molecule has 0 aromatic rings. The van der Waals surface area contributed by atoms with E-state index in [2.05, 4.69) is 20.8 Å². The smallest absolute Gasteiger partial charge is 0.0844 e. The van der Waals surface area contributed by atoms with Gasteiger partial charge in [-0.2, -0.15) is 0 Å². The van der Waals surface area contributed by atoms with Crippen molar-refractivity contribution in [3.05, 3.63) is 0 Å². The molecule has 0 aromatic carbocycles. The van der Waals surface area contributed by atoms with E-state index < -0.39 is 0 Å². The van der Waals surface area contributed by atoms with Gasteiger partial charge in [0.1, 0.15) is 0 Å². The summed E-state index contributed by atoms with van der Waals surface area (Å²) >= 11 is 0. The van der Waals surface area contributed by atoms with Crippen molar-refractivity contribution in [1.82, 2.24) is 0 Å². The molecule has 2 rings (SSSR count). The van der Waals surface area contributed by atoms with Crippen LogP contribution in [0.25, 0.3) is 0 Å². The van der Waals surface area contributed by atoms with Crippen LogP contribution in [-0.4, -0.2) is 12.2 Å². The lowest BCUT2D eigenvalue weighted by Crippen LogP contribution is -2.26. The van der Waals surface area contributed by atoms with Crippen molar-refractivity contribution in [1.29, 1.82) is 0 Å². The number of epoxide rings is 1. The second-order valence-electron chi connectivity index (χ2n) is 4.57. The van der Waals surface area contributed by atoms with E-state index >= 15 is 0 Å². The minimum atomic E-state index is 0.651. The molecule has 1 aliphatic heterocycles. The average molecular weight is 154 g/mol. The Bertz CT molecular complexity index is 153. The molecule has 1 heteroatoms. The van der Waals surface area contributed by atoms with Crippen molar-refractivity contribution in [3.8, 4) is 0 Å². The fourth-order valence-electron chi connectivity index (χ4n) is 2.56. The highest BCUT2D eigenvalue weighted by Gasteiger charge is 2.47. The summed E-state index contributed by atoms with van der Waals surface area (Å²) in [6.45, 7) is 7.05. The highest BCUT2D eigenvalue weighted by Crippen LogP contribution is 2.45. The van der Waals surface area contributed by atoms with Crippen LogP contribution in [0, 0.1) is 17.8 Å². The van der Waals surface area contributed by atoms with Gasteiger partial charge in [0.25, 0.3) is 0 Å². The molecule has 0 radical (unpaired) electrons. The summed E-state index contributed by atoms with van der Waals surface area (Å²) in [5.41, 5.74) is 0. The van der Waals surface area contributed by atoms with E-state index in [1.54, 1.807) is 0 Å². The van der Waals surface area contributed by atoms with Gasteiger partial charge in [0.05, 0.1) is 12.2 Å². The first kappa shape index (κ1) is 7.60. The molecule has 2 aliphatic rings. The number of rotatable bonds is 1. The zero-order valence-corrected chi connectivity index (χ0v) is 7.71. The van der Waals surface area contributed by atoms with Crippen LogP contribution in [0.15, 0.2) is 0 Å². The molecular formula is C10H18O. The van der Waals surface area contributed by atoms with Crippen LogP contribution in [0.4, 0.5) is 0 Å². The van der Waals surface area contributed by atoms with E-state index in [-0.39, 0.29) is 0 Å². The van der Waals surface area contributed by atoms with E-state index in [1.807, 2.05) is 0 Å². The van der Waals surface area contributed by atoms with Crippen molar-refractivity contribution in [2.45, 2.75) is 45.8 Å². The Morgan fingerprint density at radius 2 is 1.82 bits per heavy atom. The quantitative estimate of drug-likeness (QED) is 0.528. The van der Waals surface area contributed by atoms with Gasteiger partial charge in [-0.1, -0.05) is 20.8 Å². The maximum atomic E-state index is 5.53. The van der Waals surface area contributed by atoms with Gasteiger partial charge in [-0.15, -0.1) is 0 Å². The molecule has 64 valence electrons. The van der Waals surface area contributed by atoms with Crippen LogP contribution in [0.2, 0.25) is 0 Å². The van der Waals surface area contributed by atoms with Crippen molar-refractivity contribution < 1.29 is 4.74 Å². The number of ether oxygens (including phenoxy) is 1. The first-order chi connectivity index (χ1) is 5.18. The average Bonchev–Trinajstić information content (AvgIpc) is 2.63. The summed E-state index contributed by atoms with van der Waals surface area (Å²) in [7, 11) is 0. The lowest BCUT2D eigenvalue weighted by atomic mass is 9.75. The number of hydrogen-bond acceptors (Lipinski definition) is 1. The molecule has 0 bridgehead atoms. The predicted octanol–water partition coefficient (Wildman–Crippen LogP) is 2.46. The summed E-state index contributed by atoms with van der Waals surface area (Å²) < 4.78 is 5.53. The molecular weight excluding hydrogens is 136 g/mol. The molecule has 0 N–H and O–H groups in total. The lowest BCUT2D eigenvalue weighted by molar-refractivity contribution is 0.217. The first-order valence-electron chi connectivity index (χ1n) is 4.84. The molecule has 1 aliphatic carbocycles. The normalized spacial score (nSPS) is 49.1.